The van der Waals surface area contributed by atoms with Gasteiger partial charge >= 0.3 is 0 Å². The van der Waals surface area contributed by atoms with Crippen LogP contribution in [0.25, 0.3) is 0 Å². The number of hydrogen-bond acceptors (Lipinski definition) is 5. The number of nitro benzene ring substituents is 1. The first-order valence-electron chi connectivity index (χ1n) is 7.51. The zero-order valence-electron chi connectivity index (χ0n) is 12.2. The lowest BCUT2D eigenvalue weighted by atomic mass is 10.1. The van der Waals surface area contributed by atoms with Crippen LogP contribution in [0.4, 0.5) is 11.4 Å². The number of rotatable bonds is 4. The van der Waals surface area contributed by atoms with Crippen LogP contribution in [0.5, 0.6) is 0 Å². The predicted octanol–water partition coefficient (Wildman–Crippen LogP) is 1.93. The van der Waals surface area contributed by atoms with E-state index < -0.39 is 6.10 Å². The van der Waals surface area contributed by atoms with Gasteiger partial charge < -0.3 is 10.0 Å². The van der Waals surface area contributed by atoms with E-state index in [0.717, 1.165) is 32.2 Å². The molecule has 1 N–H and O–H groups in total. The van der Waals surface area contributed by atoms with Crippen LogP contribution < -0.4 is 4.90 Å². The lowest BCUT2D eigenvalue weighted by Gasteiger charge is -2.36. The van der Waals surface area contributed by atoms with Crippen LogP contribution in [-0.2, 0) is 0 Å². The third-order valence-corrected chi connectivity index (χ3v) is 4.40. The topological polar surface area (TPSA) is 69.8 Å². The highest BCUT2D eigenvalue weighted by Gasteiger charge is 2.32. The molecule has 1 saturated heterocycles. The van der Waals surface area contributed by atoms with Crippen molar-refractivity contribution in [3.05, 3.63) is 33.9 Å². The Morgan fingerprint density at radius 1 is 1.29 bits per heavy atom. The second-order valence-electron chi connectivity index (χ2n) is 5.94. The number of hydrogen-bond donors (Lipinski definition) is 1. The maximum Gasteiger partial charge on any atom is 0.292 e. The Kier molecular flexibility index (Phi) is 3.82. The third-order valence-electron chi connectivity index (χ3n) is 4.40. The quantitative estimate of drug-likeness (QED) is 0.678. The van der Waals surface area contributed by atoms with Crippen LogP contribution in [-0.4, -0.2) is 47.2 Å². The van der Waals surface area contributed by atoms with Gasteiger partial charge in [0.15, 0.2) is 0 Å². The van der Waals surface area contributed by atoms with Crippen LogP contribution in [0.2, 0.25) is 0 Å². The molecule has 0 aromatic heterocycles. The number of nitro groups is 1. The second-order valence-corrected chi connectivity index (χ2v) is 5.94. The van der Waals surface area contributed by atoms with Crippen LogP contribution in [0.1, 0.15) is 31.4 Å². The van der Waals surface area contributed by atoms with E-state index in [1.54, 1.807) is 19.1 Å². The molecule has 1 atom stereocenters. The maximum absolute atomic E-state index is 11.3. The number of aliphatic hydroxyl groups is 1. The highest BCUT2D eigenvalue weighted by atomic mass is 16.6. The summed E-state index contributed by atoms with van der Waals surface area (Å²) in [5.74, 6) is 0. The largest absolute Gasteiger partial charge is 0.389 e. The smallest absolute Gasteiger partial charge is 0.292 e. The van der Waals surface area contributed by atoms with E-state index >= 15 is 0 Å². The fraction of sp³-hybridized carbons (Fsp3) is 0.600. The summed E-state index contributed by atoms with van der Waals surface area (Å²) in [5.41, 5.74) is 1.34. The van der Waals surface area contributed by atoms with Crippen molar-refractivity contribution in [3.63, 3.8) is 0 Å². The highest BCUT2D eigenvalue weighted by Crippen LogP contribution is 2.33. The zero-order chi connectivity index (χ0) is 15.0. The second kappa shape index (κ2) is 5.61. The van der Waals surface area contributed by atoms with Crippen molar-refractivity contribution in [2.75, 3.05) is 31.1 Å². The molecule has 1 aliphatic carbocycles. The minimum atomic E-state index is -0.690. The van der Waals surface area contributed by atoms with Crippen LogP contribution in [0.3, 0.4) is 0 Å². The van der Waals surface area contributed by atoms with Gasteiger partial charge in [0.2, 0.25) is 0 Å². The predicted molar refractivity (Wildman–Crippen MR) is 80.5 cm³/mol. The summed E-state index contributed by atoms with van der Waals surface area (Å²) < 4.78 is 0. The summed E-state index contributed by atoms with van der Waals surface area (Å²) in [7, 11) is 0. The molecule has 1 saturated carbocycles. The van der Waals surface area contributed by atoms with Crippen molar-refractivity contribution in [2.45, 2.75) is 31.9 Å². The molecule has 1 aromatic carbocycles. The first-order valence-corrected chi connectivity index (χ1v) is 7.51. The van der Waals surface area contributed by atoms with E-state index in [0.29, 0.717) is 11.3 Å². The number of piperazine rings is 1. The van der Waals surface area contributed by atoms with Gasteiger partial charge in [-0.25, -0.2) is 0 Å². The van der Waals surface area contributed by atoms with Gasteiger partial charge in [-0.1, -0.05) is 6.07 Å². The minimum Gasteiger partial charge on any atom is -0.389 e. The molecular weight excluding hydrogens is 270 g/mol. The molecule has 1 aromatic rings. The molecule has 3 rings (SSSR count). The monoisotopic (exact) mass is 291 g/mol. The van der Waals surface area contributed by atoms with Gasteiger partial charge in [0.05, 0.1) is 11.0 Å². The standard InChI is InChI=1S/C15H21N3O3/c1-11(19)12-2-5-14(15(10-12)18(20)21)17-8-6-16(7-9-17)13-3-4-13/h2,5,10-11,13,19H,3-4,6-9H2,1H3/t11-/m1/s1. The minimum absolute atomic E-state index is 0.0910. The van der Waals surface area contributed by atoms with Gasteiger partial charge in [-0.2, -0.15) is 0 Å². The molecule has 6 nitrogen and oxygen atoms in total. The third kappa shape index (κ3) is 3.01. The molecule has 21 heavy (non-hydrogen) atoms. The van der Waals surface area contributed by atoms with Crippen molar-refractivity contribution < 1.29 is 10.0 Å². The summed E-state index contributed by atoms with van der Waals surface area (Å²) in [5, 5.41) is 20.9. The maximum atomic E-state index is 11.3. The van der Waals surface area contributed by atoms with Crippen molar-refractivity contribution >= 4 is 11.4 Å². The summed E-state index contributed by atoms with van der Waals surface area (Å²) in [6.45, 7) is 5.21. The van der Waals surface area contributed by atoms with Crippen molar-refractivity contribution in [2.24, 2.45) is 0 Å². The SMILES string of the molecule is C[C@@H](O)c1ccc(N2CCN(C3CC3)CC2)c([N+](=O)[O-])c1. The van der Waals surface area contributed by atoms with Crippen molar-refractivity contribution in [1.82, 2.24) is 4.90 Å². The summed E-state index contributed by atoms with van der Waals surface area (Å²) in [4.78, 5) is 15.5. The van der Waals surface area contributed by atoms with Gasteiger partial charge in [0.1, 0.15) is 5.69 Å². The average molecular weight is 291 g/mol. The zero-order valence-corrected chi connectivity index (χ0v) is 12.2. The Labute approximate surface area is 124 Å². The molecule has 114 valence electrons. The average Bonchev–Trinajstić information content (AvgIpc) is 3.31. The summed E-state index contributed by atoms with van der Waals surface area (Å²) in [6, 6.07) is 5.79. The molecule has 2 fully saturated rings. The molecule has 0 radical (unpaired) electrons. The molecule has 6 heteroatoms. The lowest BCUT2D eigenvalue weighted by Crippen LogP contribution is -2.47. The summed E-state index contributed by atoms with van der Waals surface area (Å²) in [6.07, 6.45) is 1.90. The van der Waals surface area contributed by atoms with Crippen LogP contribution in [0.15, 0.2) is 18.2 Å². The Bertz CT molecular complexity index is 535. The van der Waals surface area contributed by atoms with Gasteiger partial charge in [0.25, 0.3) is 5.69 Å². The first-order chi connectivity index (χ1) is 10.1. The normalized spacial score (nSPS) is 21.3. The van der Waals surface area contributed by atoms with Crippen LogP contribution in [0, 0.1) is 10.1 Å². The van der Waals surface area contributed by atoms with Crippen LogP contribution >= 0.6 is 0 Å². The van der Waals surface area contributed by atoms with Gasteiger partial charge in [0, 0.05) is 38.3 Å². The van der Waals surface area contributed by atoms with Gasteiger partial charge in [-0.3, -0.25) is 15.0 Å². The van der Waals surface area contributed by atoms with Crippen molar-refractivity contribution in [3.8, 4) is 0 Å². The molecule has 0 spiro atoms. The lowest BCUT2D eigenvalue weighted by molar-refractivity contribution is -0.384. The molecule has 2 aliphatic rings. The molecule has 1 heterocycles. The number of benzene rings is 1. The van der Waals surface area contributed by atoms with Crippen molar-refractivity contribution in [1.29, 1.82) is 0 Å². The number of aliphatic hydroxyl groups excluding tert-OH is 1. The molecule has 1 aliphatic heterocycles. The molecule has 0 bridgehead atoms. The fourth-order valence-corrected chi connectivity index (χ4v) is 2.98. The van der Waals surface area contributed by atoms with E-state index in [4.69, 9.17) is 0 Å². The molecular formula is C15H21N3O3. The Morgan fingerprint density at radius 2 is 1.95 bits per heavy atom. The first kappa shape index (κ1) is 14.3. The van der Waals surface area contributed by atoms with E-state index in [-0.39, 0.29) is 10.6 Å². The number of nitrogens with zero attached hydrogens (tertiary/aromatic N) is 3. The van der Waals surface area contributed by atoms with E-state index in [1.165, 1.54) is 18.9 Å². The summed E-state index contributed by atoms with van der Waals surface area (Å²) >= 11 is 0. The Morgan fingerprint density at radius 3 is 2.48 bits per heavy atom. The van der Waals surface area contributed by atoms with Gasteiger partial charge in [-0.05, 0) is 31.4 Å². The van der Waals surface area contributed by atoms with Gasteiger partial charge in [-0.15, -0.1) is 0 Å². The molecule has 0 unspecified atom stereocenters. The fourth-order valence-electron chi connectivity index (χ4n) is 2.98. The molecule has 0 amide bonds. The van der Waals surface area contributed by atoms with E-state index in [2.05, 4.69) is 9.80 Å². The van der Waals surface area contributed by atoms with E-state index in [1.807, 2.05) is 0 Å². The highest BCUT2D eigenvalue weighted by molar-refractivity contribution is 5.64. The van der Waals surface area contributed by atoms with E-state index in [9.17, 15) is 15.2 Å². The Balaban J connectivity index is 1.79. The Hall–Kier alpha value is -1.66. The number of anilines is 1.